The first kappa shape index (κ1) is 21.0. The van der Waals surface area contributed by atoms with Gasteiger partial charge in [-0.05, 0) is 42.3 Å². The third kappa shape index (κ3) is 5.22. The molecule has 3 aromatic carbocycles. The molecule has 0 fully saturated rings. The summed E-state index contributed by atoms with van der Waals surface area (Å²) >= 11 is 12.4. The van der Waals surface area contributed by atoms with Gasteiger partial charge in [0.1, 0.15) is 0 Å². The molecule has 0 saturated heterocycles. The maximum Gasteiger partial charge on any atom is 0.251 e. The van der Waals surface area contributed by atoms with Crippen molar-refractivity contribution >= 4 is 40.5 Å². The average Bonchev–Trinajstić information content (AvgIpc) is 2.73. The Balaban J connectivity index is 1.69. The lowest BCUT2D eigenvalue weighted by Gasteiger charge is -2.18. The highest BCUT2D eigenvalue weighted by molar-refractivity contribution is 6.36. The van der Waals surface area contributed by atoms with Crippen LogP contribution in [0.2, 0.25) is 10.0 Å². The van der Waals surface area contributed by atoms with Crippen molar-refractivity contribution in [3.8, 4) is 0 Å². The molecular formula is C23H23Cl2N3O. The minimum Gasteiger partial charge on any atom is -0.397 e. The Morgan fingerprint density at radius 3 is 2.31 bits per heavy atom. The minimum atomic E-state index is -0.159. The number of hydrogen-bond acceptors (Lipinski definition) is 3. The summed E-state index contributed by atoms with van der Waals surface area (Å²) in [6.07, 6.45) is 0.795. The molecule has 0 spiro atoms. The van der Waals surface area contributed by atoms with Crippen molar-refractivity contribution in [2.24, 2.45) is 0 Å². The van der Waals surface area contributed by atoms with Crippen molar-refractivity contribution in [2.45, 2.75) is 25.9 Å². The van der Waals surface area contributed by atoms with Crippen LogP contribution >= 0.6 is 23.2 Å². The molecule has 0 saturated carbocycles. The van der Waals surface area contributed by atoms with Crippen LogP contribution in [0.1, 0.15) is 40.9 Å². The molecule has 0 aliphatic heterocycles. The lowest BCUT2D eigenvalue weighted by atomic mass is 10.0. The Bertz CT molecular complexity index is 972. The molecule has 4 N–H and O–H groups in total. The largest absolute Gasteiger partial charge is 0.397 e. The molecule has 6 heteroatoms. The van der Waals surface area contributed by atoms with Gasteiger partial charge in [0.05, 0.1) is 17.4 Å². The van der Waals surface area contributed by atoms with Crippen molar-refractivity contribution in [1.82, 2.24) is 5.32 Å². The van der Waals surface area contributed by atoms with Gasteiger partial charge in [-0.2, -0.15) is 0 Å². The van der Waals surface area contributed by atoms with E-state index < -0.39 is 0 Å². The second kappa shape index (κ2) is 9.68. The molecule has 0 aliphatic rings. The Morgan fingerprint density at radius 2 is 1.69 bits per heavy atom. The summed E-state index contributed by atoms with van der Waals surface area (Å²) in [5.41, 5.74) is 9.75. The van der Waals surface area contributed by atoms with E-state index in [9.17, 15) is 4.79 Å². The van der Waals surface area contributed by atoms with Crippen LogP contribution in [0.5, 0.6) is 0 Å². The SMILES string of the molecule is CC[C@@H](NC(=O)c1ccc(NCc2c(Cl)cccc2Cl)c(N)c1)c1ccccc1. The molecule has 1 amide bonds. The fourth-order valence-electron chi connectivity index (χ4n) is 3.10. The highest BCUT2D eigenvalue weighted by atomic mass is 35.5. The second-order valence-electron chi connectivity index (χ2n) is 6.70. The van der Waals surface area contributed by atoms with Gasteiger partial charge < -0.3 is 16.4 Å². The highest BCUT2D eigenvalue weighted by Crippen LogP contribution is 2.27. The fourth-order valence-corrected chi connectivity index (χ4v) is 3.63. The van der Waals surface area contributed by atoms with Gasteiger partial charge >= 0.3 is 0 Å². The zero-order valence-corrected chi connectivity index (χ0v) is 17.6. The fraction of sp³-hybridized carbons (Fsp3) is 0.174. The van der Waals surface area contributed by atoms with E-state index in [0.29, 0.717) is 33.5 Å². The molecule has 29 heavy (non-hydrogen) atoms. The topological polar surface area (TPSA) is 67.2 Å². The zero-order chi connectivity index (χ0) is 20.8. The summed E-state index contributed by atoms with van der Waals surface area (Å²) in [4.78, 5) is 12.7. The number of anilines is 2. The Kier molecular flexibility index (Phi) is 7.02. The molecule has 0 bridgehead atoms. The van der Waals surface area contributed by atoms with E-state index in [1.54, 1.807) is 36.4 Å². The number of amides is 1. The Labute approximate surface area is 181 Å². The Morgan fingerprint density at radius 1 is 1.00 bits per heavy atom. The van der Waals surface area contributed by atoms with Crippen molar-refractivity contribution in [3.05, 3.63) is 93.5 Å². The van der Waals surface area contributed by atoms with E-state index in [-0.39, 0.29) is 11.9 Å². The smallest absolute Gasteiger partial charge is 0.251 e. The Hall–Kier alpha value is -2.69. The second-order valence-corrected chi connectivity index (χ2v) is 7.52. The van der Waals surface area contributed by atoms with E-state index in [1.807, 2.05) is 37.3 Å². The highest BCUT2D eigenvalue weighted by Gasteiger charge is 2.15. The van der Waals surface area contributed by atoms with E-state index in [2.05, 4.69) is 10.6 Å². The molecule has 3 rings (SSSR count). The van der Waals surface area contributed by atoms with Crippen molar-refractivity contribution < 1.29 is 4.79 Å². The predicted molar refractivity (Wildman–Crippen MR) is 122 cm³/mol. The number of nitrogens with two attached hydrogens (primary N) is 1. The number of hydrogen-bond donors (Lipinski definition) is 3. The first-order valence-electron chi connectivity index (χ1n) is 9.41. The molecule has 0 aliphatic carbocycles. The maximum absolute atomic E-state index is 12.7. The zero-order valence-electron chi connectivity index (χ0n) is 16.1. The lowest BCUT2D eigenvalue weighted by molar-refractivity contribution is 0.0935. The van der Waals surface area contributed by atoms with Crippen LogP contribution in [0.4, 0.5) is 11.4 Å². The molecule has 0 unspecified atom stereocenters. The number of halogens is 2. The maximum atomic E-state index is 12.7. The first-order valence-corrected chi connectivity index (χ1v) is 10.2. The third-order valence-electron chi connectivity index (χ3n) is 4.75. The molecule has 150 valence electrons. The summed E-state index contributed by atoms with van der Waals surface area (Å²) in [6, 6.07) is 20.4. The van der Waals surface area contributed by atoms with Gasteiger partial charge in [-0.25, -0.2) is 0 Å². The third-order valence-corrected chi connectivity index (χ3v) is 5.45. The molecular weight excluding hydrogens is 405 g/mol. The van der Waals surface area contributed by atoms with Gasteiger partial charge in [0.25, 0.3) is 5.91 Å². The van der Waals surface area contributed by atoms with E-state index in [0.717, 1.165) is 17.5 Å². The standard InChI is InChI=1S/C23H23Cl2N3O/c1-2-21(15-7-4-3-5-8-15)28-23(29)16-11-12-22(20(26)13-16)27-14-17-18(24)9-6-10-19(17)25/h3-13,21,27H,2,14,26H2,1H3,(H,28,29)/t21-/m1/s1. The van der Waals surface area contributed by atoms with Crippen LogP contribution in [0.25, 0.3) is 0 Å². The molecule has 1 atom stereocenters. The summed E-state index contributed by atoms with van der Waals surface area (Å²) in [6.45, 7) is 2.47. The molecule has 0 radical (unpaired) electrons. The van der Waals surface area contributed by atoms with Gasteiger partial charge in [-0.1, -0.05) is 66.5 Å². The average molecular weight is 428 g/mol. The van der Waals surface area contributed by atoms with Gasteiger partial charge in [0.2, 0.25) is 0 Å². The van der Waals surface area contributed by atoms with Crippen LogP contribution in [0.3, 0.4) is 0 Å². The molecule has 3 aromatic rings. The lowest BCUT2D eigenvalue weighted by Crippen LogP contribution is -2.28. The van der Waals surface area contributed by atoms with Gasteiger partial charge in [-0.15, -0.1) is 0 Å². The number of carbonyl (C=O) groups is 1. The molecule has 0 heterocycles. The summed E-state index contributed by atoms with van der Waals surface area (Å²) in [5.74, 6) is -0.159. The van der Waals surface area contributed by atoms with Gasteiger partial charge in [0, 0.05) is 27.7 Å². The van der Waals surface area contributed by atoms with E-state index in [1.165, 1.54) is 0 Å². The predicted octanol–water partition coefficient (Wildman–Crippen LogP) is 6.07. The van der Waals surface area contributed by atoms with Crippen LogP contribution in [0.15, 0.2) is 66.7 Å². The van der Waals surface area contributed by atoms with E-state index >= 15 is 0 Å². The number of carbonyl (C=O) groups excluding carboxylic acids is 1. The monoisotopic (exact) mass is 427 g/mol. The minimum absolute atomic E-state index is 0.0508. The quantitative estimate of drug-likeness (QED) is 0.400. The van der Waals surface area contributed by atoms with Crippen molar-refractivity contribution in [2.75, 3.05) is 11.1 Å². The van der Waals surface area contributed by atoms with Crippen LogP contribution in [0, 0.1) is 0 Å². The van der Waals surface area contributed by atoms with Crippen molar-refractivity contribution in [1.29, 1.82) is 0 Å². The summed E-state index contributed by atoms with van der Waals surface area (Å²) in [7, 11) is 0. The van der Waals surface area contributed by atoms with Gasteiger partial charge in [-0.3, -0.25) is 4.79 Å². The number of benzene rings is 3. The van der Waals surface area contributed by atoms with E-state index in [4.69, 9.17) is 28.9 Å². The molecule has 0 aromatic heterocycles. The first-order chi connectivity index (χ1) is 14.0. The van der Waals surface area contributed by atoms with Gasteiger partial charge in [0.15, 0.2) is 0 Å². The molecule has 4 nitrogen and oxygen atoms in total. The van der Waals surface area contributed by atoms with Crippen molar-refractivity contribution in [3.63, 3.8) is 0 Å². The number of rotatable bonds is 7. The number of nitrogens with one attached hydrogen (secondary N) is 2. The van der Waals surface area contributed by atoms with Crippen LogP contribution < -0.4 is 16.4 Å². The normalized spacial score (nSPS) is 11.7. The summed E-state index contributed by atoms with van der Waals surface area (Å²) in [5, 5.41) is 7.48. The number of nitrogen functional groups attached to an aromatic ring is 1. The van der Waals surface area contributed by atoms with Crippen LogP contribution in [-0.4, -0.2) is 5.91 Å². The van der Waals surface area contributed by atoms with Crippen LogP contribution in [-0.2, 0) is 6.54 Å². The summed E-state index contributed by atoms with van der Waals surface area (Å²) < 4.78 is 0.